The molecule has 0 saturated carbocycles. The minimum Gasteiger partial charge on any atom is -0.496 e. The van der Waals surface area contributed by atoms with Gasteiger partial charge < -0.3 is 34.5 Å². The van der Waals surface area contributed by atoms with Crippen LogP contribution in [0.2, 0.25) is 0 Å². The molecule has 182 valence electrons. The Kier molecular flexibility index (Phi) is 11.7. The molecule has 1 heterocycles. The van der Waals surface area contributed by atoms with Crippen molar-refractivity contribution in [2.24, 2.45) is 4.99 Å². The molecule has 1 fully saturated rings. The van der Waals surface area contributed by atoms with Gasteiger partial charge in [-0.2, -0.15) is 0 Å². The first-order valence-corrected chi connectivity index (χ1v) is 10.5. The van der Waals surface area contributed by atoms with Gasteiger partial charge in [-0.3, -0.25) is 4.99 Å². The van der Waals surface area contributed by atoms with Crippen molar-refractivity contribution in [1.29, 1.82) is 0 Å². The van der Waals surface area contributed by atoms with Gasteiger partial charge in [-0.15, -0.1) is 24.0 Å². The molecule has 0 unspecified atom stereocenters. The summed E-state index contributed by atoms with van der Waals surface area (Å²) < 4.78 is 21.7. The second-order valence-corrected chi connectivity index (χ2v) is 8.30. The van der Waals surface area contributed by atoms with Crippen LogP contribution in [-0.4, -0.2) is 76.1 Å². The van der Waals surface area contributed by atoms with Gasteiger partial charge >= 0.3 is 6.09 Å². The maximum atomic E-state index is 12.0. The lowest BCUT2D eigenvalue weighted by atomic mass is 10.2. The lowest BCUT2D eigenvalue weighted by Crippen LogP contribution is -2.44. The number of rotatable bonds is 8. The van der Waals surface area contributed by atoms with Crippen LogP contribution < -0.4 is 24.8 Å². The van der Waals surface area contributed by atoms with Crippen LogP contribution in [0.3, 0.4) is 0 Å². The first-order chi connectivity index (χ1) is 14.7. The first kappa shape index (κ1) is 27.9. The van der Waals surface area contributed by atoms with E-state index in [1.54, 1.807) is 27.3 Å². The standard InChI is InChI=1S/C22H36N4O5.HI/c1-22(2,3)31-21(27)25-16-8-10-26(15-16)20(23-4)24-9-7-11-30-19-13-17(28-5)12-18(14-19)29-6;/h12-14,16H,7-11,15H2,1-6H3,(H,23,24)(H,25,27);1H/t16-;/m1./s1. The number of ether oxygens (including phenoxy) is 4. The fraction of sp³-hybridized carbons (Fsp3) is 0.636. The van der Waals surface area contributed by atoms with Crippen LogP contribution in [0.4, 0.5) is 4.79 Å². The monoisotopic (exact) mass is 564 g/mol. The third-order valence-electron chi connectivity index (χ3n) is 4.62. The smallest absolute Gasteiger partial charge is 0.407 e. The highest BCUT2D eigenvalue weighted by Crippen LogP contribution is 2.27. The molecule has 1 aliphatic heterocycles. The molecule has 0 aliphatic carbocycles. The Morgan fingerprint density at radius 1 is 1.16 bits per heavy atom. The molecule has 10 heteroatoms. The van der Waals surface area contributed by atoms with Crippen molar-refractivity contribution in [2.75, 3.05) is 47.5 Å². The summed E-state index contributed by atoms with van der Waals surface area (Å²) in [6.07, 6.45) is 1.26. The van der Waals surface area contributed by atoms with Crippen molar-refractivity contribution in [3.05, 3.63) is 18.2 Å². The molecule has 0 radical (unpaired) electrons. The van der Waals surface area contributed by atoms with Gasteiger partial charge in [0, 0.05) is 44.9 Å². The number of likely N-dealkylation sites (tertiary alicyclic amines) is 1. The Morgan fingerprint density at radius 2 is 1.78 bits per heavy atom. The number of carbonyl (C=O) groups excluding carboxylic acids is 1. The summed E-state index contributed by atoms with van der Waals surface area (Å²) in [6, 6.07) is 5.51. The number of guanidine groups is 1. The predicted octanol–water partition coefficient (Wildman–Crippen LogP) is 3.27. The second-order valence-electron chi connectivity index (χ2n) is 8.30. The van der Waals surface area contributed by atoms with Crippen molar-refractivity contribution in [3.8, 4) is 17.2 Å². The third-order valence-corrected chi connectivity index (χ3v) is 4.62. The number of hydrogen-bond donors (Lipinski definition) is 2. The minimum absolute atomic E-state index is 0. The van der Waals surface area contributed by atoms with E-state index in [9.17, 15) is 4.79 Å². The Bertz CT molecular complexity index is 732. The molecular weight excluding hydrogens is 527 g/mol. The largest absolute Gasteiger partial charge is 0.496 e. The van der Waals surface area contributed by atoms with E-state index in [1.165, 1.54) is 0 Å². The average molecular weight is 564 g/mol. The number of alkyl carbamates (subject to hydrolysis) is 1. The maximum Gasteiger partial charge on any atom is 0.407 e. The Hall–Kier alpha value is -2.11. The van der Waals surface area contributed by atoms with E-state index in [0.29, 0.717) is 36.9 Å². The zero-order valence-corrected chi connectivity index (χ0v) is 22.2. The fourth-order valence-electron chi connectivity index (χ4n) is 3.20. The van der Waals surface area contributed by atoms with E-state index in [1.807, 2.05) is 32.9 Å². The molecule has 1 saturated heterocycles. The van der Waals surface area contributed by atoms with Gasteiger partial charge in [0.15, 0.2) is 5.96 Å². The zero-order chi connectivity index (χ0) is 22.9. The summed E-state index contributed by atoms with van der Waals surface area (Å²) in [6.45, 7) is 8.34. The van der Waals surface area contributed by atoms with Crippen LogP contribution in [-0.2, 0) is 4.74 Å². The summed E-state index contributed by atoms with van der Waals surface area (Å²) in [5, 5.41) is 6.29. The summed E-state index contributed by atoms with van der Waals surface area (Å²) in [4.78, 5) is 18.5. The van der Waals surface area contributed by atoms with Crippen molar-refractivity contribution in [3.63, 3.8) is 0 Å². The zero-order valence-electron chi connectivity index (χ0n) is 19.9. The molecule has 0 bridgehead atoms. The van der Waals surface area contributed by atoms with Crippen LogP contribution >= 0.6 is 24.0 Å². The summed E-state index contributed by atoms with van der Waals surface area (Å²) >= 11 is 0. The molecule has 2 rings (SSSR count). The van der Waals surface area contributed by atoms with Crippen molar-refractivity contribution >= 4 is 36.0 Å². The van der Waals surface area contributed by atoms with E-state index < -0.39 is 5.60 Å². The number of nitrogens with zero attached hydrogens (tertiary/aromatic N) is 2. The number of hydrogen-bond acceptors (Lipinski definition) is 6. The minimum atomic E-state index is -0.502. The number of amides is 1. The Labute approximate surface area is 208 Å². The van der Waals surface area contributed by atoms with E-state index in [2.05, 4.69) is 20.5 Å². The molecular formula is C22H37IN4O5. The molecule has 2 N–H and O–H groups in total. The first-order valence-electron chi connectivity index (χ1n) is 10.5. The van der Waals surface area contributed by atoms with Crippen molar-refractivity contribution in [1.82, 2.24) is 15.5 Å². The number of carbonyl (C=O) groups is 1. The Morgan fingerprint density at radius 3 is 2.34 bits per heavy atom. The number of aliphatic imine (C=N–C) groups is 1. The third kappa shape index (κ3) is 9.58. The molecule has 32 heavy (non-hydrogen) atoms. The highest BCUT2D eigenvalue weighted by atomic mass is 127. The number of nitrogens with one attached hydrogen (secondary N) is 2. The number of methoxy groups -OCH3 is 2. The molecule has 1 aromatic rings. The Balaban J connectivity index is 0.00000512. The number of benzene rings is 1. The van der Waals surface area contributed by atoms with Gasteiger partial charge in [-0.05, 0) is 33.6 Å². The van der Waals surface area contributed by atoms with Crippen molar-refractivity contribution in [2.45, 2.75) is 45.3 Å². The SMILES string of the molecule is CN=C(NCCCOc1cc(OC)cc(OC)c1)N1CC[C@@H](NC(=O)OC(C)(C)C)C1.I. The summed E-state index contributed by atoms with van der Waals surface area (Å²) in [7, 11) is 4.98. The van der Waals surface area contributed by atoms with E-state index in [4.69, 9.17) is 18.9 Å². The van der Waals surface area contributed by atoms with Gasteiger partial charge in [-0.25, -0.2) is 4.79 Å². The molecule has 1 atom stereocenters. The molecule has 9 nitrogen and oxygen atoms in total. The fourth-order valence-corrected chi connectivity index (χ4v) is 3.20. The average Bonchev–Trinajstić information content (AvgIpc) is 3.16. The van der Waals surface area contributed by atoms with Crippen LogP contribution in [0.25, 0.3) is 0 Å². The highest BCUT2D eigenvalue weighted by Gasteiger charge is 2.27. The normalized spacial score (nSPS) is 16.1. The van der Waals surface area contributed by atoms with E-state index >= 15 is 0 Å². The highest BCUT2D eigenvalue weighted by molar-refractivity contribution is 14.0. The van der Waals surface area contributed by atoms with Gasteiger partial charge in [0.05, 0.1) is 26.9 Å². The summed E-state index contributed by atoms with van der Waals surface area (Å²) in [5.41, 5.74) is -0.502. The van der Waals surface area contributed by atoms with Gasteiger partial charge in [0.2, 0.25) is 0 Å². The van der Waals surface area contributed by atoms with Crippen LogP contribution in [0.5, 0.6) is 17.2 Å². The lowest BCUT2D eigenvalue weighted by molar-refractivity contribution is 0.0507. The van der Waals surface area contributed by atoms with Gasteiger partial charge in [0.25, 0.3) is 0 Å². The lowest BCUT2D eigenvalue weighted by Gasteiger charge is -2.23. The second kappa shape index (κ2) is 13.4. The molecule has 0 spiro atoms. The molecule has 1 aliphatic rings. The maximum absolute atomic E-state index is 12.0. The van der Waals surface area contributed by atoms with Crippen molar-refractivity contribution < 1.29 is 23.7 Å². The van der Waals surface area contributed by atoms with Crippen LogP contribution in [0, 0.1) is 0 Å². The van der Waals surface area contributed by atoms with Crippen LogP contribution in [0.15, 0.2) is 23.2 Å². The predicted molar refractivity (Wildman–Crippen MR) is 136 cm³/mol. The van der Waals surface area contributed by atoms with E-state index in [-0.39, 0.29) is 36.1 Å². The quantitative estimate of drug-likeness (QED) is 0.217. The number of halogens is 1. The summed E-state index contributed by atoms with van der Waals surface area (Å²) in [5.74, 6) is 2.90. The molecule has 1 aromatic carbocycles. The van der Waals surface area contributed by atoms with Gasteiger partial charge in [-0.1, -0.05) is 0 Å². The molecule has 1 amide bonds. The molecule has 0 aromatic heterocycles. The van der Waals surface area contributed by atoms with E-state index in [0.717, 1.165) is 25.3 Å². The van der Waals surface area contributed by atoms with Crippen LogP contribution in [0.1, 0.15) is 33.6 Å². The van der Waals surface area contributed by atoms with Gasteiger partial charge in [0.1, 0.15) is 22.8 Å². The topological polar surface area (TPSA) is 93.7 Å².